The second-order valence-electron chi connectivity index (χ2n) is 5.46. The fourth-order valence-corrected chi connectivity index (χ4v) is 4.42. The third kappa shape index (κ3) is 4.50. The second kappa shape index (κ2) is 8.16. The van der Waals surface area contributed by atoms with Gasteiger partial charge in [-0.2, -0.15) is 0 Å². The van der Waals surface area contributed by atoms with Crippen molar-refractivity contribution in [2.75, 3.05) is 11.1 Å². The van der Waals surface area contributed by atoms with Gasteiger partial charge in [0.25, 0.3) is 5.91 Å². The number of fused-ring (bicyclic) bond motifs is 1. The molecule has 1 N–H and O–H groups in total. The number of hydrogen-bond donors (Lipinski definition) is 1. The summed E-state index contributed by atoms with van der Waals surface area (Å²) in [6.07, 6.45) is 1.60. The molecule has 1 aliphatic rings. The molecule has 1 aliphatic heterocycles. The number of nitrogens with one attached hydrogen (secondary N) is 1. The van der Waals surface area contributed by atoms with Crippen molar-refractivity contribution in [3.05, 3.63) is 34.3 Å². The SMILES string of the molecule is CCCCSc1nnc(NC(=O)C2Cc3cc(Cl)ccc3C(=O)O2)s1. The standard InChI is InChI=1S/C16H16ClN3O3S2/c1-2-3-6-24-16-20-19-15(25-16)18-13(21)12-8-9-7-10(17)4-5-11(9)14(22)23-12/h4-5,7,12H,2-3,6,8H2,1H3,(H,18,19,21). The van der Waals surface area contributed by atoms with Crippen molar-refractivity contribution in [3.63, 3.8) is 0 Å². The van der Waals surface area contributed by atoms with Crippen molar-refractivity contribution >= 4 is 51.7 Å². The number of thioether (sulfide) groups is 1. The van der Waals surface area contributed by atoms with Gasteiger partial charge in [0, 0.05) is 17.2 Å². The Bertz CT molecular complexity index is 797. The highest BCUT2D eigenvalue weighted by Gasteiger charge is 2.32. The number of halogens is 1. The van der Waals surface area contributed by atoms with Gasteiger partial charge in [-0.15, -0.1) is 10.2 Å². The summed E-state index contributed by atoms with van der Waals surface area (Å²) in [5, 5.41) is 11.6. The highest BCUT2D eigenvalue weighted by molar-refractivity contribution is 8.01. The lowest BCUT2D eigenvalue weighted by molar-refractivity contribution is -0.125. The van der Waals surface area contributed by atoms with E-state index in [9.17, 15) is 9.59 Å². The predicted octanol–water partition coefficient (Wildman–Crippen LogP) is 3.80. The molecule has 0 aliphatic carbocycles. The number of nitrogens with zero attached hydrogens (tertiary/aromatic N) is 2. The molecule has 0 saturated carbocycles. The summed E-state index contributed by atoms with van der Waals surface area (Å²) in [6, 6.07) is 4.92. The molecule has 1 unspecified atom stereocenters. The van der Waals surface area contributed by atoms with E-state index in [4.69, 9.17) is 16.3 Å². The normalized spacial score (nSPS) is 16.2. The van der Waals surface area contributed by atoms with Crippen LogP contribution in [0.15, 0.2) is 22.5 Å². The summed E-state index contributed by atoms with van der Waals surface area (Å²) in [6.45, 7) is 2.13. The van der Waals surface area contributed by atoms with E-state index < -0.39 is 18.0 Å². The Balaban J connectivity index is 1.63. The molecule has 132 valence electrons. The van der Waals surface area contributed by atoms with Crippen LogP contribution in [0.4, 0.5) is 5.13 Å². The second-order valence-corrected chi connectivity index (χ2v) is 8.22. The first-order valence-electron chi connectivity index (χ1n) is 7.83. The number of unbranched alkanes of at least 4 members (excludes halogenated alkanes) is 1. The number of carbonyl (C=O) groups excluding carboxylic acids is 2. The van der Waals surface area contributed by atoms with Gasteiger partial charge in [-0.05, 0) is 30.2 Å². The van der Waals surface area contributed by atoms with Crippen LogP contribution in [0.5, 0.6) is 0 Å². The lowest BCUT2D eigenvalue weighted by Crippen LogP contribution is -2.38. The minimum absolute atomic E-state index is 0.282. The number of aromatic nitrogens is 2. The van der Waals surface area contributed by atoms with Crippen LogP contribution in [-0.2, 0) is 16.0 Å². The van der Waals surface area contributed by atoms with Crippen molar-refractivity contribution < 1.29 is 14.3 Å². The molecule has 2 heterocycles. The zero-order chi connectivity index (χ0) is 17.8. The molecular formula is C16H16ClN3O3S2. The van der Waals surface area contributed by atoms with Gasteiger partial charge in [0.2, 0.25) is 5.13 Å². The number of esters is 1. The maximum absolute atomic E-state index is 12.4. The average molecular weight is 398 g/mol. The number of hydrogen-bond acceptors (Lipinski definition) is 7. The van der Waals surface area contributed by atoms with Crippen LogP contribution in [0.1, 0.15) is 35.7 Å². The largest absolute Gasteiger partial charge is 0.448 e. The zero-order valence-electron chi connectivity index (χ0n) is 13.5. The Morgan fingerprint density at radius 2 is 2.32 bits per heavy atom. The fourth-order valence-electron chi connectivity index (χ4n) is 2.32. The maximum Gasteiger partial charge on any atom is 0.339 e. The molecule has 1 aromatic heterocycles. The van der Waals surface area contributed by atoms with Crippen LogP contribution in [0.2, 0.25) is 5.02 Å². The van der Waals surface area contributed by atoms with Crippen molar-refractivity contribution in [1.82, 2.24) is 10.2 Å². The Morgan fingerprint density at radius 3 is 3.12 bits per heavy atom. The number of carbonyl (C=O) groups is 2. The van der Waals surface area contributed by atoms with Gasteiger partial charge < -0.3 is 4.74 Å². The molecule has 0 radical (unpaired) electrons. The lowest BCUT2D eigenvalue weighted by Gasteiger charge is -2.23. The van der Waals surface area contributed by atoms with Gasteiger partial charge >= 0.3 is 5.97 Å². The van der Waals surface area contributed by atoms with Crippen molar-refractivity contribution in [3.8, 4) is 0 Å². The van der Waals surface area contributed by atoms with Gasteiger partial charge in [-0.3, -0.25) is 10.1 Å². The van der Waals surface area contributed by atoms with Crippen LogP contribution >= 0.6 is 34.7 Å². The Morgan fingerprint density at radius 1 is 1.48 bits per heavy atom. The molecule has 6 nitrogen and oxygen atoms in total. The third-order valence-corrected chi connectivity index (χ3v) is 5.89. The summed E-state index contributed by atoms with van der Waals surface area (Å²) in [7, 11) is 0. The summed E-state index contributed by atoms with van der Waals surface area (Å²) in [4.78, 5) is 24.4. The van der Waals surface area contributed by atoms with Crippen LogP contribution < -0.4 is 5.32 Å². The molecule has 1 amide bonds. The molecule has 0 fully saturated rings. The van der Waals surface area contributed by atoms with E-state index >= 15 is 0 Å². The van der Waals surface area contributed by atoms with Gasteiger partial charge in [0.15, 0.2) is 10.4 Å². The molecule has 0 bridgehead atoms. The average Bonchev–Trinajstić information content (AvgIpc) is 3.02. The molecule has 3 rings (SSSR count). The van der Waals surface area contributed by atoms with E-state index in [1.165, 1.54) is 11.3 Å². The van der Waals surface area contributed by atoms with E-state index in [0.717, 1.165) is 22.9 Å². The van der Waals surface area contributed by atoms with E-state index in [2.05, 4.69) is 22.4 Å². The van der Waals surface area contributed by atoms with Crippen molar-refractivity contribution in [2.45, 2.75) is 36.6 Å². The quantitative estimate of drug-likeness (QED) is 0.345. The Labute approximate surface area is 158 Å². The lowest BCUT2D eigenvalue weighted by atomic mass is 9.98. The number of cyclic esters (lactones) is 1. The van der Waals surface area contributed by atoms with E-state index in [1.54, 1.807) is 30.0 Å². The molecule has 1 aromatic carbocycles. The number of benzene rings is 1. The number of ether oxygens (including phenoxy) is 1. The predicted molar refractivity (Wildman–Crippen MR) is 98.5 cm³/mol. The monoisotopic (exact) mass is 397 g/mol. The molecule has 1 atom stereocenters. The third-order valence-electron chi connectivity index (χ3n) is 3.59. The Hall–Kier alpha value is -1.64. The van der Waals surface area contributed by atoms with E-state index in [0.29, 0.717) is 21.3 Å². The molecule has 9 heteroatoms. The molecule has 25 heavy (non-hydrogen) atoms. The molecule has 2 aromatic rings. The summed E-state index contributed by atoms with van der Waals surface area (Å²) < 4.78 is 6.04. The highest BCUT2D eigenvalue weighted by Crippen LogP contribution is 2.28. The molecule has 0 spiro atoms. The minimum Gasteiger partial charge on any atom is -0.448 e. The van der Waals surface area contributed by atoms with Gasteiger partial charge in [0.1, 0.15) is 0 Å². The first kappa shape index (κ1) is 18.2. The van der Waals surface area contributed by atoms with Crippen LogP contribution in [-0.4, -0.2) is 33.9 Å². The molecular weight excluding hydrogens is 382 g/mol. The van der Waals surface area contributed by atoms with E-state index in [1.807, 2.05) is 0 Å². The fraction of sp³-hybridized carbons (Fsp3) is 0.375. The first-order chi connectivity index (χ1) is 12.1. The zero-order valence-corrected chi connectivity index (χ0v) is 15.8. The molecule has 0 saturated heterocycles. The maximum atomic E-state index is 12.4. The van der Waals surface area contributed by atoms with Gasteiger partial charge in [0.05, 0.1) is 5.56 Å². The smallest absolute Gasteiger partial charge is 0.339 e. The minimum atomic E-state index is -0.904. The number of amides is 1. The van der Waals surface area contributed by atoms with Crippen LogP contribution in [0.25, 0.3) is 0 Å². The number of anilines is 1. The first-order valence-corrected chi connectivity index (χ1v) is 10.0. The highest BCUT2D eigenvalue weighted by atomic mass is 35.5. The van der Waals surface area contributed by atoms with Gasteiger partial charge in [-0.1, -0.05) is 48.0 Å². The van der Waals surface area contributed by atoms with E-state index in [-0.39, 0.29) is 6.42 Å². The summed E-state index contributed by atoms with van der Waals surface area (Å²) >= 11 is 8.89. The van der Waals surface area contributed by atoms with Gasteiger partial charge in [-0.25, -0.2) is 4.79 Å². The van der Waals surface area contributed by atoms with Crippen molar-refractivity contribution in [1.29, 1.82) is 0 Å². The summed E-state index contributed by atoms with van der Waals surface area (Å²) in [5.74, 6) is 0.0306. The van der Waals surface area contributed by atoms with Crippen LogP contribution in [0, 0.1) is 0 Å². The van der Waals surface area contributed by atoms with Crippen LogP contribution in [0.3, 0.4) is 0 Å². The topological polar surface area (TPSA) is 81.2 Å². The summed E-state index contributed by atoms with van der Waals surface area (Å²) in [5.41, 5.74) is 1.15. The number of rotatable bonds is 6. The van der Waals surface area contributed by atoms with Crippen molar-refractivity contribution in [2.24, 2.45) is 0 Å². The Kier molecular flexibility index (Phi) is 5.93.